The van der Waals surface area contributed by atoms with Crippen LogP contribution >= 0.6 is 0 Å². The topological polar surface area (TPSA) is 20.2 Å². The minimum Gasteiger partial charge on any atom is -0.385 e. The summed E-state index contributed by atoms with van der Waals surface area (Å²) in [6.45, 7) is 4.08. The SMILES string of the molecule is CCC1CCC(O)(c2ccc(F)cc2C)CC1. The van der Waals surface area contributed by atoms with Gasteiger partial charge in [0.25, 0.3) is 0 Å². The number of rotatable bonds is 2. The van der Waals surface area contributed by atoms with Crippen molar-refractivity contribution < 1.29 is 9.50 Å². The Morgan fingerprint density at radius 2 is 2.00 bits per heavy atom. The fraction of sp³-hybridized carbons (Fsp3) is 0.600. The molecule has 0 bridgehead atoms. The molecule has 1 fully saturated rings. The molecule has 0 atom stereocenters. The fourth-order valence-corrected chi connectivity index (χ4v) is 2.98. The van der Waals surface area contributed by atoms with Crippen LogP contribution in [0.15, 0.2) is 18.2 Å². The average Bonchev–Trinajstić information content (AvgIpc) is 2.29. The molecule has 1 nitrogen and oxygen atoms in total. The predicted molar refractivity (Wildman–Crippen MR) is 67.3 cm³/mol. The summed E-state index contributed by atoms with van der Waals surface area (Å²) in [4.78, 5) is 0. The van der Waals surface area contributed by atoms with Gasteiger partial charge in [-0.25, -0.2) is 4.39 Å². The standard InChI is InChI=1S/C15H21FO/c1-3-12-6-8-15(17,9-7-12)14-5-4-13(16)10-11(14)2/h4-5,10,12,17H,3,6-9H2,1-2H3. The first-order valence-corrected chi connectivity index (χ1v) is 6.54. The van der Waals surface area contributed by atoms with Crippen molar-refractivity contribution in [3.63, 3.8) is 0 Å². The van der Waals surface area contributed by atoms with Gasteiger partial charge in [-0.1, -0.05) is 19.4 Å². The van der Waals surface area contributed by atoms with Crippen molar-refractivity contribution in [3.05, 3.63) is 35.1 Å². The molecule has 0 spiro atoms. The molecular formula is C15H21FO. The van der Waals surface area contributed by atoms with Gasteiger partial charge in [0, 0.05) is 0 Å². The quantitative estimate of drug-likeness (QED) is 0.825. The van der Waals surface area contributed by atoms with Crippen LogP contribution < -0.4 is 0 Å². The Balaban J connectivity index is 2.21. The van der Waals surface area contributed by atoms with E-state index in [4.69, 9.17) is 0 Å². The Morgan fingerprint density at radius 1 is 1.35 bits per heavy atom. The lowest BCUT2D eigenvalue weighted by atomic mass is 9.73. The summed E-state index contributed by atoms with van der Waals surface area (Å²) in [7, 11) is 0. The van der Waals surface area contributed by atoms with Crippen molar-refractivity contribution in [1.29, 1.82) is 0 Å². The van der Waals surface area contributed by atoms with Crippen molar-refractivity contribution in [1.82, 2.24) is 0 Å². The van der Waals surface area contributed by atoms with E-state index in [1.165, 1.54) is 18.6 Å². The Bertz CT molecular complexity index is 392. The van der Waals surface area contributed by atoms with E-state index in [-0.39, 0.29) is 5.82 Å². The van der Waals surface area contributed by atoms with Gasteiger partial charge in [-0.15, -0.1) is 0 Å². The first-order valence-electron chi connectivity index (χ1n) is 6.54. The lowest BCUT2D eigenvalue weighted by Crippen LogP contribution is -2.32. The molecule has 0 radical (unpaired) electrons. The van der Waals surface area contributed by atoms with Crippen LogP contribution in [-0.4, -0.2) is 5.11 Å². The highest BCUT2D eigenvalue weighted by Gasteiger charge is 2.35. The Hall–Kier alpha value is -0.890. The van der Waals surface area contributed by atoms with Gasteiger partial charge in [0.1, 0.15) is 5.82 Å². The van der Waals surface area contributed by atoms with E-state index in [1.807, 2.05) is 6.92 Å². The van der Waals surface area contributed by atoms with Crippen LogP contribution in [0.25, 0.3) is 0 Å². The fourth-order valence-electron chi connectivity index (χ4n) is 2.98. The Labute approximate surface area is 103 Å². The van der Waals surface area contributed by atoms with E-state index in [2.05, 4.69) is 6.92 Å². The summed E-state index contributed by atoms with van der Waals surface area (Å²) >= 11 is 0. The van der Waals surface area contributed by atoms with Crippen LogP contribution in [-0.2, 0) is 5.60 Å². The maximum atomic E-state index is 13.1. The molecule has 0 heterocycles. The molecule has 0 aliphatic heterocycles. The van der Waals surface area contributed by atoms with Crippen LogP contribution in [0.2, 0.25) is 0 Å². The highest BCUT2D eigenvalue weighted by Crippen LogP contribution is 2.41. The molecule has 2 rings (SSSR count). The van der Waals surface area contributed by atoms with Crippen molar-refractivity contribution in [2.45, 2.75) is 51.6 Å². The molecule has 2 heteroatoms. The number of aryl methyl sites for hydroxylation is 1. The van der Waals surface area contributed by atoms with Gasteiger partial charge in [-0.2, -0.15) is 0 Å². The molecule has 1 aliphatic rings. The highest BCUT2D eigenvalue weighted by atomic mass is 19.1. The second kappa shape index (κ2) is 4.77. The predicted octanol–water partition coefficient (Wildman–Crippen LogP) is 3.92. The summed E-state index contributed by atoms with van der Waals surface area (Å²) in [5, 5.41) is 10.7. The molecule has 94 valence electrons. The maximum absolute atomic E-state index is 13.1. The Kier molecular flexibility index (Phi) is 3.53. The first kappa shape index (κ1) is 12.6. The van der Waals surface area contributed by atoms with E-state index in [9.17, 15) is 9.50 Å². The van der Waals surface area contributed by atoms with E-state index in [0.717, 1.165) is 42.7 Å². The maximum Gasteiger partial charge on any atom is 0.123 e. The van der Waals surface area contributed by atoms with Crippen molar-refractivity contribution >= 4 is 0 Å². The van der Waals surface area contributed by atoms with Gasteiger partial charge in [-0.3, -0.25) is 0 Å². The van der Waals surface area contributed by atoms with Crippen LogP contribution in [0.1, 0.15) is 50.2 Å². The molecule has 0 amide bonds. The average molecular weight is 236 g/mol. The zero-order valence-corrected chi connectivity index (χ0v) is 10.7. The zero-order valence-electron chi connectivity index (χ0n) is 10.7. The molecule has 0 saturated heterocycles. The van der Waals surface area contributed by atoms with Crippen LogP contribution in [0.3, 0.4) is 0 Å². The molecule has 1 aromatic carbocycles. The van der Waals surface area contributed by atoms with Gasteiger partial charge in [0.15, 0.2) is 0 Å². The molecular weight excluding hydrogens is 215 g/mol. The minimum absolute atomic E-state index is 0.225. The molecule has 1 aromatic rings. The minimum atomic E-state index is -0.733. The summed E-state index contributed by atoms with van der Waals surface area (Å²) in [6.07, 6.45) is 4.95. The summed E-state index contributed by atoms with van der Waals surface area (Å²) < 4.78 is 13.1. The highest BCUT2D eigenvalue weighted by molar-refractivity contribution is 5.32. The third kappa shape index (κ3) is 2.52. The summed E-state index contributed by atoms with van der Waals surface area (Å²) in [5.41, 5.74) is 1.04. The smallest absolute Gasteiger partial charge is 0.123 e. The molecule has 1 aliphatic carbocycles. The van der Waals surface area contributed by atoms with Crippen LogP contribution in [0.5, 0.6) is 0 Å². The van der Waals surface area contributed by atoms with Gasteiger partial charge < -0.3 is 5.11 Å². The van der Waals surface area contributed by atoms with Gasteiger partial charge >= 0.3 is 0 Å². The lowest BCUT2D eigenvalue weighted by molar-refractivity contribution is -0.0151. The zero-order chi connectivity index (χ0) is 12.5. The molecule has 1 N–H and O–H groups in total. The van der Waals surface area contributed by atoms with E-state index < -0.39 is 5.60 Å². The normalized spacial score (nSPS) is 29.3. The van der Waals surface area contributed by atoms with E-state index in [1.54, 1.807) is 6.07 Å². The van der Waals surface area contributed by atoms with Gasteiger partial charge in [-0.05, 0) is 61.8 Å². The number of hydrogen-bond acceptors (Lipinski definition) is 1. The van der Waals surface area contributed by atoms with Gasteiger partial charge in [0.05, 0.1) is 5.60 Å². The van der Waals surface area contributed by atoms with Crippen molar-refractivity contribution in [3.8, 4) is 0 Å². The molecule has 17 heavy (non-hydrogen) atoms. The largest absolute Gasteiger partial charge is 0.385 e. The number of hydrogen-bond donors (Lipinski definition) is 1. The van der Waals surface area contributed by atoms with E-state index >= 15 is 0 Å². The van der Waals surface area contributed by atoms with Crippen LogP contribution in [0.4, 0.5) is 4.39 Å². The summed E-state index contributed by atoms with van der Waals surface area (Å²) in [5.74, 6) is 0.521. The third-order valence-electron chi connectivity index (χ3n) is 4.20. The van der Waals surface area contributed by atoms with E-state index in [0.29, 0.717) is 0 Å². The van der Waals surface area contributed by atoms with Gasteiger partial charge in [0.2, 0.25) is 0 Å². The molecule has 1 saturated carbocycles. The second-order valence-electron chi connectivity index (χ2n) is 5.34. The summed E-state index contributed by atoms with van der Waals surface area (Å²) in [6, 6.07) is 4.71. The van der Waals surface area contributed by atoms with Crippen LogP contribution in [0, 0.1) is 18.7 Å². The first-order chi connectivity index (χ1) is 8.05. The third-order valence-corrected chi connectivity index (χ3v) is 4.20. The number of benzene rings is 1. The Morgan fingerprint density at radius 3 is 2.53 bits per heavy atom. The number of halogens is 1. The monoisotopic (exact) mass is 236 g/mol. The molecule has 0 aromatic heterocycles. The molecule has 0 unspecified atom stereocenters. The van der Waals surface area contributed by atoms with Crippen molar-refractivity contribution in [2.24, 2.45) is 5.92 Å². The second-order valence-corrected chi connectivity index (χ2v) is 5.34. The lowest BCUT2D eigenvalue weighted by Gasteiger charge is -2.37. The van der Waals surface area contributed by atoms with Crippen molar-refractivity contribution in [2.75, 3.05) is 0 Å². The number of aliphatic hydroxyl groups is 1.